The summed E-state index contributed by atoms with van der Waals surface area (Å²) in [6.45, 7) is 9.42. The lowest BCUT2D eigenvalue weighted by Gasteiger charge is -2.34. The Bertz CT molecular complexity index is 448. The van der Waals surface area contributed by atoms with Crippen LogP contribution in [0.5, 0.6) is 0 Å². The number of carbonyl (C=O) groups excluding carboxylic acids is 1. The molecule has 1 aromatic heterocycles. The Morgan fingerprint density at radius 1 is 1.33 bits per heavy atom. The number of hydrogen-bond acceptors (Lipinski definition) is 4. The van der Waals surface area contributed by atoms with Gasteiger partial charge in [-0.15, -0.1) is 0 Å². The molecule has 5 nitrogen and oxygen atoms in total. The molecule has 2 N–H and O–H groups in total. The Morgan fingerprint density at radius 3 is 2.52 bits per heavy atom. The van der Waals surface area contributed by atoms with E-state index < -0.39 is 0 Å². The van der Waals surface area contributed by atoms with Gasteiger partial charge in [-0.2, -0.15) is 0 Å². The van der Waals surface area contributed by atoms with Gasteiger partial charge < -0.3 is 15.5 Å². The van der Waals surface area contributed by atoms with Crippen LogP contribution < -0.4 is 5.73 Å². The van der Waals surface area contributed by atoms with Crippen molar-refractivity contribution in [3.8, 4) is 0 Å². The third kappa shape index (κ3) is 4.17. The highest BCUT2D eigenvalue weighted by Gasteiger charge is 2.25. The van der Waals surface area contributed by atoms with Crippen LogP contribution in [-0.2, 0) is 0 Å². The van der Waals surface area contributed by atoms with Crippen molar-refractivity contribution < 1.29 is 4.79 Å². The molecule has 1 aliphatic heterocycles. The Kier molecular flexibility index (Phi) is 5.56. The summed E-state index contributed by atoms with van der Waals surface area (Å²) in [5, 5.41) is 0. The molecule has 2 heterocycles. The fourth-order valence-electron chi connectivity index (χ4n) is 2.86. The molecular formula is C16H26N4O. The quantitative estimate of drug-likeness (QED) is 0.899. The maximum atomic E-state index is 12.4. The monoisotopic (exact) mass is 290 g/mol. The summed E-state index contributed by atoms with van der Waals surface area (Å²) < 4.78 is 0. The van der Waals surface area contributed by atoms with Gasteiger partial charge in [0.05, 0.1) is 11.9 Å². The first-order valence-corrected chi connectivity index (χ1v) is 7.87. The highest BCUT2D eigenvalue weighted by molar-refractivity contribution is 5.92. The van der Waals surface area contributed by atoms with Gasteiger partial charge in [0, 0.05) is 19.6 Å². The molecule has 0 spiro atoms. The Labute approximate surface area is 127 Å². The number of pyridine rings is 1. The fourth-order valence-corrected chi connectivity index (χ4v) is 2.86. The largest absolute Gasteiger partial charge is 0.397 e. The van der Waals surface area contributed by atoms with Crippen molar-refractivity contribution in [1.29, 1.82) is 0 Å². The average molecular weight is 290 g/mol. The van der Waals surface area contributed by atoms with Gasteiger partial charge in [0.2, 0.25) is 0 Å². The molecule has 1 fully saturated rings. The molecule has 0 bridgehead atoms. The third-order valence-electron chi connectivity index (χ3n) is 4.32. The van der Waals surface area contributed by atoms with Crippen molar-refractivity contribution in [3.05, 3.63) is 24.0 Å². The SMILES string of the molecule is CCN(CC)CC1CCN(C(=O)c2ccc(N)cn2)CC1. The summed E-state index contributed by atoms with van der Waals surface area (Å²) >= 11 is 0. The number of piperidine rings is 1. The molecule has 2 rings (SSSR count). The summed E-state index contributed by atoms with van der Waals surface area (Å²) in [7, 11) is 0. The van der Waals surface area contributed by atoms with Crippen LogP contribution in [0, 0.1) is 5.92 Å². The van der Waals surface area contributed by atoms with Gasteiger partial charge >= 0.3 is 0 Å². The highest BCUT2D eigenvalue weighted by Crippen LogP contribution is 2.20. The number of likely N-dealkylation sites (tertiary alicyclic amines) is 1. The van der Waals surface area contributed by atoms with E-state index in [1.54, 1.807) is 18.3 Å². The molecule has 0 aromatic carbocycles. The normalized spacial score (nSPS) is 16.4. The lowest BCUT2D eigenvalue weighted by Crippen LogP contribution is -2.41. The van der Waals surface area contributed by atoms with E-state index in [0.29, 0.717) is 17.3 Å². The Balaban J connectivity index is 1.86. The molecular weight excluding hydrogens is 264 g/mol. The molecule has 0 unspecified atom stereocenters. The molecule has 1 aliphatic rings. The first-order valence-electron chi connectivity index (χ1n) is 7.87. The van der Waals surface area contributed by atoms with Gasteiger partial charge in [0.1, 0.15) is 5.69 Å². The molecule has 1 amide bonds. The van der Waals surface area contributed by atoms with Gasteiger partial charge in [-0.3, -0.25) is 4.79 Å². The lowest BCUT2D eigenvalue weighted by atomic mass is 9.96. The van der Waals surface area contributed by atoms with Crippen molar-refractivity contribution in [1.82, 2.24) is 14.8 Å². The van der Waals surface area contributed by atoms with Crippen molar-refractivity contribution in [2.75, 3.05) is 38.5 Å². The standard InChI is InChI=1S/C16H26N4O/c1-3-19(4-2)12-13-7-9-20(10-8-13)16(21)15-6-5-14(17)11-18-15/h5-6,11,13H,3-4,7-10,12,17H2,1-2H3. The summed E-state index contributed by atoms with van der Waals surface area (Å²) in [6.07, 6.45) is 3.70. The molecule has 1 saturated heterocycles. The van der Waals surface area contributed by atoms with E-state index in [4.69, 9.17) is 5.73 Å². The van der Waals surface area contributed by atoms with Gasteiger partial charge in [-0.05, 0) is 44.0 Å². The molecule has 1 aromatic rings. The zero-order valence-electron chi connectivity index (χ0n) is 13.1. The van der Waals surface area contributed by atoms with Crippen molar-refractivity contribution in [3.63, 3.8) is 0 Å². The predicted molar refractivity (Wildman–Crippen MR) is 85.1 cm³/mol. The van der Waals surface area contributed by atoms with Crippen LogP contribution in [0.15, 0.2) is 18.3 Å². The third-order valence-corrected chi connectivity index (χ3v) is 4.32. The maximum absolute atomic E-state index is 12.4. The van der Waals surface area contributed by atoms with E-state index in [2.05, 4.69) is 23.7 Å². The van der Waals surface area contributed by atoms with Crippen LogP contribution in [0.2, 0.25) is 0 Å². The second kappa shape index (κ2) is 7.41. The Morgan fingerprint density at radius 2 is 2.00 bits per heavy atom. The number of carbonyl (C=O) groups is 1. The second-order valence-corrected chi connectivity index (χ2v) is 5.70. The van der Waals surface area contributed by atoms with Crippen molar-refractivity contribution in [2.24, 2.45) is 5.92 Å². The van der Waals surface area contributed by atoms with Gasteiger partial charge in [0.15, 0.2) is 0 Å². The molecule has 5 heteroatoms. The van der Waals surface area contributed by atoms with E-state index in [1.807, 2.05) is 4.90 Å². The fraction of sp³-hybridized carbons (Fsp3) is 0.625. The number of amides is 1. The maximum Gasteiger partial charge on any atom is 0.272 e. The van der Waals surface area contributed by atoms with Gasteiger partial charge in [-0.25, -0.2) is 4.98 Å². The minimum absolute atomic E-state index is 0.0243. The summed E-state index contributed by atoms with van der Waals surface area (Å²) in [5.41, 5.74) is 6.68. The second-order valence-electron chi connectivity index (χ2n) is 5.70. The minimum atomic E-state index is 0.0243. The number of aromatic nitrogens is 1. The summed E-state index contributed by atoms with van der Waals surface area (Å²) in [5.74, 6) is 0.726. The highest BCUT2D eigenvalue weighted by atomic mass is 16.2. The number of nitrogens with zero attached hydrogens (tertiary/aromatic N) is 3. The van der Waals surface area contributed by atoms with E-state index in [-0.39, 0.29) is 5.91 Å². The van der Waals surface area contributed by atoms with Crippen molar-refractivity contribution >= 4 is 11.6 Å². The van der Waals surface area contributed by atoms with E-state index in [9.17, 15) is 4.79 Å². The number of rotatable bonds is 5. The van der Waals surface area contributed by atoms with Crippen LogP contribution in [0.25, 0.3) is 0 Å². The zero-order valence-corrected chi connectivity index (χ0v) is 13.1. The average Bonchev–Trinajstić information content (AvgIpc) is 2.53. The van der Waals surface area contributed by atoms with Crippen LogP contribution in [-0.4, -0.2) is 53.4 Å². The molecule has 21 heavy (non-hydrogen) atoms. The summed E-state index contributed by atoms with van der Waals surface area (Å²) in [6, 6.07) is 3.44. The van der Waals surface area contributed by atoms with Gasteiger partial charge in [-0.1, -0.05) is 13.8 Å². The van der Waals surface area contributed by atoms with Crippen LogP contribution in [0.3, 0.4) is 0 Å². The first-order chi connectivity index (χ1) is 10.1. The lowest BCUT2D eigenvalue weighted by molar-refractivity contribution is 0.0664. The van der Waals surface area contributed by atoms with Crippen LogP contribution >= 0.6 is 0 Å². The first kappa shape index (κ1) is 15.8. The van der Waals surface area contributed by atoms with Crippen LogP contribution in [0.1, 0.15) is 37.2 Å². The van der Waals surface area contributed by atoms with E-state index in [1.165, 1.54) is 0 Å². The topological polar surface area (TPSA) is 62.5 Å². The molecule has 0 radical (unpaired) electrons. The van der Waals surface area contributed by atoms with Crippen LogP contribution in [0.4, 0.5) is 5.69 Å². The molecule has 0 aliphatic carbocycles. The molecule has 116 valence electrons. The summed E-state index contributed by atoms with van der Waals surface area (Å²) in [4.78, 5) is 20.9. The van der Waals surface area contributed by atoms with E-state index in [0.717, 1.165) is 45.6 Å². The smallest absolute Gasteiger partial charge is 0.272 e. The minimum Gasteiger partial charge on any atom is -0.397 e. The molecule has 0 atom stereocenters. The Hall–Kier alpha value is -1.62. The van der Waals surface area contributed by atoms with Gasteiger partial charge in [0.25, 0.3) is 5.91 Å². The number of hydrogen-bond donors (Lipinski definition) is 1. The molecule has 0 saturated carbocycles. The number of nitrogen functional groups attached to an aromatic ring is 1. The zero-order chi connectivity index (χ0) is 15.2. The predicted octanol–water partition coefficient (Wildman–Crippen LogP) is 1.86. The number of anilines is 1. The number of nitrogens with two attached hydrogens (primary N) is 1. The van der Waals surface area contributed by atoms with E-state index >= 15 is 0 Å². The van der Waals surface area contributed by atoms with Crippen molar-refractivity contribution in [2.45, 2.75) is 26.7 Å².